The molecule has 26 heavy (non-hydrogen) atoms. The van der Waals surface area contributed by atoms with Crippen molar-refractivity contribution in [3.63, 3.8) is 0 Å². The molecule has 0 radical (unpaired) electrons. The van der Waals surface area contributed by atoms with Crippen LogP contribution in [-0.4, -0.2) is 57.1 Å². The van der Waals surface area contributed by atoms with Gasteiger partial charge in [-0.2, -0.15) is 0 Å². The van der Waals surface area contributed by atoms with Gasteiger partial charge in [0.25, 0.3) is 0 Å². The summed E-state index contributed by atoms with van der Waals surface area (Å²) in [5, 5.41) is 6.65. The predicted molar refractivity (Wildman–Crippen MR) is 91.9 cm³/mol. The highest BCUT2D eigenvalue weighted by Crippen LogP contribution is 2.31. The third-order valence-electron chi connectivity index (χ3n) is 5.25. The molecule has 1 aliphatic heterocycles. The van der Waals surface area contributed by atoms with Gasteiger partial charge >= 0.3 is 5.97 Å². The van der Waals surface area contributed by atoms with Gasteiger partial charge in [-0.25, -0.2) is 9.67 Å². The lowest BCUT2D eigenvalue weighted by atomic mass is 9.87. The van der Waals surface area contributed by atoms with Gasteiger partial charge in [-0.05, 0) is 31.6 Å². The van der Waals surface area contributed by atoms with E-state index in [0.717, 1.165) is 25.7 Å². The maximum Gasteiger partial charge on any atom is 0.327 e. The van der Waals surface area contributed by atoms with Crippen molar-refractivity contribution in [1.82, 2.24) is 19.7 Å². The molecule has 0 bridgehead atoms. The Hall–Kier alpha value is -2.45. The largest absolute Gasteiger partial charge is 0.468 e. The summed E-state index contributed by atoms with van der Waals surface area (Å²) in [6.45, 7) is 2.62. The number of esters is 1. The Bertz CT molecular complexity index is 680. The SMILES string of the molecule is COC(=O)Cn1cnc(NC(=O)[C@@H]2CC(=O)N(C3CCC(C)CC3)C2)n1. The van der Waals surface area contributed by atoms with E-state index in [1.54, 1.807) is 0 Å². The third-order valence-corrected chi connectivity index (χ3v) is 5.25. The van der Waals surface area contributed by atoms with Crippen molar-refractivity contribution in [3.8, 4) is 0 Å². The van der Waals surface area contributed by atoms with Crippen LogP contribution in [0, 0.1) is 11.8 Å². The van der Waals surface area contributed by atoms with Crippen molar-refractivity contribution in [2.24, 2.45) is 11.8 Å². The highest BCUT2D eigenvalue weighted by atomic mass is 16.5. The maximum atomic E-state index is 12.5. The van der Waals surface area contributed by atoms with E-state index >= 15 is 0 Å². The maximum absolute atomic E-state index is 12.5. The van der Waals surface area contributed by atoms with Crippen molar-refractivity contribution < 1.29 is 19.1 Å². The number of nitrogens with zero attached hydrogens (tertiary/aromatic N) is 4. The molecule has 9 nitrogen and oxygen atoms in total. The summed E-state index contributed by atoms with van der Waals surface area (Å²) in [5.41, 5.74) is 0. The zero-order chi connectivity index (χ0) is 18.7. The second kappa shape index (κ2) is 7.84. The molecule has 1 aromatic rings. The van der Waals surface area contributed by atoms with E-state index in [2.05, 4.69) is 27.1 Å². The highest BCUT2D eigenvalue weighted by molar-refractivity contribution is 5.96. The molecular weight excluding hydrogens is 338 g/mol. The fourth-order valence-electron chi connectivity index (χ4n) is 3.65. The molecule has 0 unspecified atom stereocenters. The summed E-state index contributed by atoms with van der Waals surface area (Å²) in [6.07, 6.45) is 5.86. The van der Waals surface area contributed by atoms with Gasteiger partial charge in [0.1, 0.15) is 12.9 Å². The van der Waals surface area contributed by atoms with E-state index in [1.165, 1.54) is 18.1 Å². The number of carbonyl (C=O) groups is 3. The smallest absolute Gasteiger partial charge is 0.327 e. The van der Waals surface area contributed by atoms with Crippen LogP contribution in [0.25, 0.3) is 0 Å². The van der Waals surface area contributed by atoms with Crippen LogP contribution in [0.1, 0.15) is 39.0 Å². The quantitative estimate of drug-likeness (QED) is 0.776. The van der Waals surface area contributed by atoms with Gasteiger partial charge in [0.15, 0.2) is 0 Å². The van der Waals surface area contributed by atoms with Crippen LogP contribution in [0.2, 0.25) is 0 Å². The fourth-order valence-corrected chi connectivity index (χ4v) is 3.65. The number of methoxy groups -OCH3 is 1. The second-order valence-electron chi connectivity index (χ2n) is 7.19. The molecule has 142 valence electrons. The monoisotopic (exact) mass is 363 g/mol. The molecule has 1 atom stereocenters. The van der Waals surface area contributed by atoms with E-state index < -0.39 is 11.9 Å². The number of nitrogens with one attached hydrogen (secondary N) is 1. The molecule has 0 spiro atoms. The van der Waals surface area contributed by atoms with Crippen molar-refractivity contribution >= 4 is 23.7 Å². The van der Waals surface area contributed by atoms with Crippen LogP contribution in [0.4, 0.5) is 5.95 Å². The fraction of sp³-hybridized carbons (Fsp3) is 0.706. The number of anilines is 1. The topological polar surface area (TPSA) is 106 Å². The Balaban J connectivity index is 1.54. The Labute approximate surface area is 152 Å². The van der Waals surface area contributed by atoms with Crippen molar-refractivity contribution in [2.45, 2.75) is 51.6 Å². The molecule has 3 rings (SSSR count). The summed E-state index contributed by atoms with van der Waals surface area (Å²) in [7, 11) is 1.29. The van der Waals surface area contributed by atoms with Crippen LogP contribution < -0.4 is 5.32 Å². The van der Waals surface area contributed by atoms with Crippen LogP contribution in [-0.2, 0) is 25.7 Å². The zero-order valence-corrected chi connectivity index (χ0v) is 15.2. The molecule has 1 saturated heterocycles. The summed E-state index contributed by atoms with van der Waals surface area (Å²) in [4.78, 5) is 41.9. The number of aromatic nitrogens is 3. The first-order valence-electron chi connectivity index (χ1n) is 9.03. The molecule has 1 saturated carbocycles. The number of carbonyl (C=O) groups excluding carboxylic acids is 3. The molecule has 1 aliphatic carbocycles. The molecule has 1 N–H and O–H groups in total. The van der Waals surface area contributed by atoms with Crippen molar-refractivity contribution in [2.75, 3.05) is 19.0 Å². The molecule has 0 aromatic carbocycles. The lowest BCUT2D eigenvalue weighted by Crippen LogP contribution is -2.39. The average Bonchev–Trinajstić information content (AvgIpc) is 3.22. The number of rotatable bonds is 5. The third kappa shape index (κ3) is 4.20. The van der Waals surface area contributed by atoms with Gasteiger partial charge < -0.3 is 9.64 Å². The van der Waals surface area contributed by atoms with E-state index in [9.17, 15) is 14.4 Å². The van der Waals surface area contributed by atoms with Gasteiger partial charge in [0, 0.05) is 19.0 Å². The van der Waals surface area contributed by atoms with E-state index in [1.807, 2.05) is 4.90 Å². The first-order chi connectivity index (χ1) is 12.5. The minimum absolute atomic E-state index is 0.0499. The molecule has 1 aromatic heterocycles. The first-order valence-corrected chi connectivity index (χ1v) is 9.03. The summed E-state index contributed by atoms with van der Waals surface area (Å²) in [6, 6.07) is 0.258. The minimum Gasteiger partial charge on any atom is -0.468 e. The highest BCUT2D eigenvalue weighted by Gasteiger charge is 2.38. The Morgan fingerprint density at radius 2 is 2.04 bits per heavy atom. The Morgan fingerprint density at radius 3 is 2.73 bits per heavy atom. The summed E-state index contributed by atoms with van der Waals surface area (Å²) >= 11 is 0. The normalized spacial score (nSPS) is 26.0. The number of amides is 2. The van der Waals surface area contributed by atoms with Gasteiger partial charge in [-0.1, -0.05) is 6.92 Å². The molecule has 2 aliphatic rings. The van der Waals surface area contributed by atoms with Gasteiger partial charge in [-0.3, -0.25) is 19.7 Å². The zero-order valence-electron chi connectivity index (χ0n) is 15.2. The number of hydrogen-bond donors (Lipinski definition) is 1. The van der Waals surface area contributed by atoms with Crippen molar-refractivity contribution in [3.05, 3.63) is 6.33 Å². The van der Waals surface area contributed by atoms with Crippen LogP contribution in [0.15, 0.2) is 6.33 Å². The van der Waals surface area contributed by atoms with E-state index in [0.29, 0.717) is 12.5 Å². The number of likely N-dealkylation sites (tertiary alicyclic amines) is 1. The molecule has 2 heterocycles. The summed E-state index contributed by atoms with van der Waals surface area (Å²) < 4.78 is 5.84. The van der Waals surface area contributed by atoms with Crippen LogP contribution in [0.3, 0.4) is 0 Å². The van der Waals surface area contributed by atoms with Gasteiger partial charge in [0.2, 0.25) is 17.8 Å². The van der Waals surface area contributed by atoms with Crippen LogP contribution in [0.5, 0.6) is 0 Å². The molecule has 2 amide bonds. The number of ether oxygens (including phenoxy) is 1. The standard InChI is InChI=1S/C17H25N5O4/c1-11-3-5-13(6-4-11)22-8-12(7-14(22)23)16(25)19-17-18-10-21(20-17)9-15(24)26-2/h10-13H,3-9H2,1-2H3,(H,19,20,25)/t11?,12-,13?/m1/s1. The molecule has 9 heteroatoms. The average molecular weight is 363 g/mol. The van der Waals surface area contributed by atoms with Crippen LogP contribution >= 0.6 is 0 Å². The number of hydrogen-bond acceptors (Lipinski definition) is 6. The Morgan fingerprint density at radius 1 is 1.31 bits per heavy atom. The second-order valence-corrected chi connectivity index (χ2v) is 7.19. The van der Waals surface area contributed by atoms with Crippen molar-refractivity contribution in [1.29, 1.82) is 0 Å². The van der Waals surface area contributed by atoms with E-state index in [-0.39, 0.29) is 36.8 Å². The summed E-state index contributed by atoms with van der Waals surface area (Å²) in [5.74, 6) is -0.221. The molecule has 2 fully saturated rings. The lowest BCUT2D eigenvalue weighted by Gasteiger charge is -2.33. The van der Waals surface area contributed by atoms with E-state index in [4.69, 9.17) is 0 Å². The lowest BCUT2D eigenvalue weighted by molar-refractivity contribution is -0.141. The molecular formula is C17H25N5O4. The Kier molecular flexibility index (Phi) is 5.53. The van der Waals surface area contributed by atoms with Gasteiger partial charge in [0.05, 0.1) is 13.0 Å². The van der Waals surface area contributed by atoms with Gasteiger partial charge in [-0.15, -0.1) is 5.10 Å². The minimum atomic E-state index is -0.452. The first kappa shape index (κ1) is 18.3. The predicted octanol–water partition coefficient (Wildman–Crippen LogP) is 0.817.